The fraction of sp³-hybridized carbons (Fsp3) is 0.381. The average molecular weight is 374 g/mol. The monoisotopic (exact) mass is 373 g/mol. The summed E-state index contributed by atoms with van der Waals surface area (Å²) in [6, 6.07) is 16.1. The molecule has 1 aliphatic rings. The van der Waals surface area contributed by atoms with Crippen LogP contribution in [0.2, 0.25) is 5.02 Å². The van der Waals surface area contributed by atoms with Crippen molar-refractivity contribution < 1.29 is 14.6 Å². The first kappa shape index (κ1) is 18.9. The van der Waals surface area contributed by atoms with Crippen LogP contribution in [0.1, 0.15) is 18.1 Å². The Morgan fingerprint density at radius 3 is 2.27 bits per heavy atom. The lowest BCUT2D eigenvalue weighted by molar-refractivity contribution is -1.02. The molecular formula is C21H28ClN3O+2. The lowest BCUT2D eigenvalue weighted by atomic mass is 10.1. The van der Waals surface area contributed by atoms with Crippen LogP contribution < -0.4 is 15.1 Å². The van der Waals surface area contributed by atoms with Crippen LogP contribution in [0.25, 0.3) is 0 Å². The number of piperazine rings is 1. The Morgan fingerprint density at radius 1 is 0.962 bits per heavy atom. The summed E-state index contributed by atoms with van der Waals surface area (Å²) >= 11 is 6.27. The first-order valence-electron chi connectivity index (χ1n) is 9.44. The van der Waals surface area contributed by atoms with E-state index in [-0.39, 0.29) is 5.91 Å². The molecule has 5 heteroatoms. The Hall–Kier alpha value is -1.88. The van der Waals surface area contributed by atoms with E-state index in [1.165, 1.54) is 16.0 Å². The van der Waals surface area contributed by atoms with Gasteiger partial charge in [0.15, 0.2) is 6.54 Å². The van der Waals surface area contributed by atoms with Gasteiger partial charge in [0, 0.05) is 16.3 Å². The normalized spacial score (nSPS) is 19.9. The highest BCUT2D eigenvalue weighted by molar-refractivity contribution is 6.31. The van der Waals surface area contributed by atoms with Crippen LogP contribution in [0.4, 0.5) is 5.69 Å². The number of nitrogens with one attached hydrogen (secondary N) is 3. The zero-order valence-electron chi connectivity index (χ0n) is 15.4. The van der Waals surface area contributed by atoms with Crippen molar-refractivity contribution in [1.29, 1.82) is 0 Å². The topological polar surface area (TPSA) is 38.0 Å². The van der Waals surface area contributed by atoms with E-state index in [0.717, 1.165) is 49.9 Å². The van der Waals surface area contributed by atoms with Gasteiger partial charge in [0.2, 0.25) is 0 Å². The van der Waals surface area contributed by atoms with E-state index in [4.69, 9.17) is 11.6 Å². The highest BCUT2D eigenvalue weighted by atomic mass is 35.5. The van der Waals surface area contributed by atoms with E-state index in [1.807, 2.05) is 36.4 Å². The van der Waals surface area contributed by atoms with Gasteiger partial charge in [0.25, 0.3) is 5.91 Å². The minimum absolute atomic E-state index is 0.107. The van der Waals surface area contributed by atoms with Crippen molar-refractivity contribution in [2.75, 3.05) is 38.0 Å². The molecule has 0 saturated carbocycles. The lowest BCUT2D eigenvalue weighted by Crippen LogP contribution is -3.28. The first-order valence-corrected chi connectivity index (χ1v) is 9.81. The molecule has 1 amide bonds. The number of anilines is 1. The highest BCUT2D eigenvalue weighted by Gasteiger charge is 2.25. The summed E-state index contributed by atoms with van der Waals surface area (Å²) in [5.41, 5.74) is 3.34. The maximum absolute atomic E-state index is 12.4. The molecule has 1 saturated heterocycles. The Labute approximate surface area is 160 Å². The van der Waals surface area contributed by atoms with E-state index < -0.39 is 0 Å². The summed E-state index contributed by atoms with van der Waals surface area (Å²) in [5, 5.41) is 3.93. The van der Waals surface area contributed by atoms with Gasteiger partial charge in [-0.2, -0.15) is 0 Å². The number of aryl methyl sites for hydroxylation is 1. The number of hydrogen-bond donors (Lipinski definition) is 3. The van der Waals surface area contributed by atoms with E-state index >= 15 is 0 Å². The average Bonchev–Trinajstić information content (AvgIpc) is 2.65. The molecule has 0 bridgehead atoms. The van der Waals surface area contributed by atoms with Gasteiger partial charge in [0.05, 0.1) is 0 Å². The predicted molar refractivity (Wildman–Crippen MR) is 106 cm³/mol. The number of para-hydroxylation sites is 1. The van der Waals surface area contributed by atoms with Crippen molar-refractivity contribution in [2.24, 2.45) is 0 Å². The summed E-state index contributed by atoms with van der Waals surface area (Å²) in [7, 11) is 0. The number of carbonyl (C=O) groups is 1. The first-order chi connectivity index (χ1) is 12.7. The van der Waals surface area contributed by atoms with Crippen LogP contribution in [0.3, 0.4) is 0 Å². The molecule has 0 spiro atoms. The van der Waals surface area contributed by atoms with Crippen LogP contribution in [-0.4, -0.2) is 38.6 Å². The summed E-state index contributed by atoms with van der Waals surface area (Å²) < 4.78 is 0. The van der Waals surface area contributed by atoms with Crippen LogP contribution >= 0.6 is 11.6 Å². The standard InChI is InChI=1S/C21H26ClN3O/c1-2-17-7-4-6-10-20(17)23-21(26)16-25-13-11-24(12-14-25)15-18-8-3-5-9-19(18)22/h3-10H,2,11-16H2,1H3,(H,23,26)/p+2. The van der Waals surface area contributed by atoms with E-state index in [0.29, 0.717) is 6.54 Å². The van der Waals surface area contributed by atoms with E-state index in [1.54, 1.807) is 4.90 Å². The van der Waals surface area contributed by atoms with Gasteiger partial charge in [-0.05, 0) is 24.1 Å². The summed E-state index contributed by atoms with van der Waals surface area (Å²) in [6.07, 6.45) is 0.924. The third-order valence-electron chi connectivity index (χ3n) is 5.15. The molecule has 4 nitrogen and oxygen atoms in total. The molecule has 3 N–H and O–H groups in total. The summed E-state index contributed by atoms with van der Waals surface area (Å²) in [6.45, 7) is 7.78. The van der Waals surface area contributed by atoms with Gasteiger partial charge in [-0.3, -0.25) is 4.79 Å². The molecule has 0 unspecified atom stereocenters. The van der Waals surface area contributed by atoms with Crippen LogP contribution in [-0.2, 0) is 17.8 Å². The molecule has 2 aromatic carbocycles. The molecule has 0 atom stereocenters. The van der Waals surface area contributed by atoms with E-state index in [9.17, 15) is 4.79 Å². The Kier molecular flexibility index (Phi) is 6.67. The van der Waals surface area contributed by atoms with Crippen LogP contribution in [0, 0.1) is 0 Å². The second kappa shape index (κ2) is 9.17. The number of halogens is 1. The minimum atomic E-state index is 0.107. The molecular weight excluding hydrogens is 346 g/mol. The molecule has 3 rings (SSSR count). The Bertz CT molecular complexity index is 742. The number of amides is 1. The van der Waals surface area contributed by atoms with Crippen molar-refractivity contribution in [1.82, 2.24) is 0 Å². The predicted octanol–water partition coefficient (Wildman–Crippen LogP) is 0.825. The molecule has 1 aliphatic heterocycles. The third-order valence-corrected chi connectivity index (χ3v) is 5.51. The largest absolute Gasteiger partial charge is 0.322 e. The Morgan fingerprint density at radius 2 is 1.58 bits per heavy atom. The van der Waals surface area contributed by atoms with Gasteiger partial charge in [0.1, 0.15) is 32.7 Å². The van der Waals surface area contributed by atoms with Crippen LogP contribution in [0.5, 0.6) is 0 Å². The van der Waals surface area contributed by atoms with Gasteiger partial charge in [-0.1, -0.05) is 54.9 Å². The maximum atomic E-state index is 12.4. The number of carbonyl (C=O) groups excluding carboxylic acids is 1. The van der Waals surface area contributed by atoms with Crippen LogP contribution in [0.15, 0.2) is 48.5 Å². The van der Waals surface area contributed by atoms with Crippen molar-refractivity contribution in [3.63, 3.8) is 0 Å². The fourth-order valence-electron chi connectivity index (χ4n) is 3.59. The smallest absolute Gasteiger partial charge is 0.279 e. The molecule has 1 heterocycles. The highest BCUT2D eigenvalue weighted by Crippen LogP contribution is 2.15. The molecule has 0 aliphatic carbocycles. The molecule has 1 fully saturated rings. The molecule has 138 valence electrons. The van der Waals surface area contributed by atoms with E-state index in [2.05, 4.69) is 24.4 Å². The fourth-order valence-corrected chi connectivity index (χ4v) is 3.80. The zero-order chi connectivity index (χ0) is 18.4. The van der Waals surface area contributed by atoms with Crippen molar-refractivity contribution in [2.45, 2.75) is 19.9 Å². The number of quaternary nitrogens is 2. The number of benzene rings is 2. The second-order valence-corrected chi connectivity index (χ2v) is 7.41. The second-order valence-electron chi connectivity index (χ2n) is 7.00. The summed E-state index contributed by atoms with van der Waals surface area (Å²) in [5.74, 6) is 0.107. The molecule has 26 heavy (non-hydrogen) atoms. The molecule has 2 aromatic rings. The molecule has 0 aromatic heterocycles. The number of rotatable bonds is 6. The van der Waals surface area contributed by atoms with Crippen molar-refractivity contribution in [3.8, 4) is 0 Å². The SMILES string of the molecule is CCc1ccccc1NC(=O)C[NH+]1CC[NH+](Cc2ccccc2Cl)CC1. The maximum Gasteiger partial charge on any atom is 0.279 e. The Balaban J connectivity index is 1.46. The van der Waals surface area contributed by atoms with Gasteiger partial charge >= 0.3 is 0 Å². The van der Waals surface area contributed by atoms with Crippen molar-refractivity contribution in [3.05, 3.63) is 64.7 Å². The minimum Gasteiger partial charge on any atom is -0.322 e. The molecule has 0 radical (unpaired) electrons. The van der Waals surface area contributed by atoms with Gasteiger partial charge in [-0.15, -0.1) is 0 Å². The quantitative estimate of drug-likeness (QED) is 0.689. The summed E-state index contributed by atoms with van der Waals surface area (Å²) in [4.78, 5) is 15.3. The number of hydrogen-bond acceptors (Lipinski definition) is 1. The van der Waals surface area contributed by atoms with Gasteiger partial charge < -0.3 is 15.1 Å². The van der Waals surface area contributed by atoms with Crippen molar-refractivity contribution >= 4 is 23.2 Å². The zero-order valence-corrected chi connectivity index (χ0v) is 16.1. The van der Waals surface area contributed by atoms with Gasteiger partial charge in [-0.25, -0.2) is 0 Å². The lowest BCUT2D eigenvalue weighted by Gasteiger charge is -2.29. The third kappa shape index (κ3) is 5.07.